The number of carbonyl (C=O) groups excluding carboxylic acids is 3. The maximum Gasteiger partial charge on any atom is 0.254 e. The number of nitrogens with zero attached hydrogens (tertiary/aromatic N) is 3. The van der Waals surface area contributed by atoms with Gasteiger partial charge in [0, 0.05) is 38.9 Å². The van der Waals surface area contributed by atoms with E-state index in [4.69, 9.17) is 11.6 Å². The largest absolute Gasteiger partial charge is 0.345 e. The number of pyridine rings is 1. The predicted octanol–water partition coefficient (Wildman–Crippen LogP) is 2.42. The van der Waals surface area contributed by atoms with Crippen LogP contribution in [0.25, 0.3) is 0 Å². The third-order valence-corrected chi connectivity index (χ3v) is 4.86. The van der Waals surface area contributed by atoms with Crippen molar-refractivity contribution < 1.29 is 14.4 Å². The Labute approximate surface area is 168 Å². The molecule has 1 N–H and O–H groups in total. The van der Waals surface area contributed by atoms with Gasteiger partial charge in [-0.3, -0.25) is 19.4 Å². The van der Waals surface area contributed by atoms with Gasteiger partial charge in [0.2, 0.25) is 11.8 Å². The Bertz CT molecular complexity index is 902. The summed E-state index contributed by atoms with van der Waals surface area (Å²) in [4.78, 5) is 44.3. The molecule has 1 atom stereocenters. The van der Waals surface area contributed by atoms with Crippen molar-refractivity contribution in [3.8, 4) is 0 Å². The summed E-state index contributed by atoms with van der Waals surface area (Å²) in [5.74, 6) is -1.05. The van der Waals surface area contributed by atoms with Gasteiger partial charge in [0.15, 0.2) is 0 Å². The maximum atomic E-state index is 12.6. The molecule has 3 amide bonds. The number of amides is 3. The van der Waals surface area contributed by atoms with Gasteiger partial charge >= 0.3 is 0 Å². The van der Waals surface area contributed by atoms with Crippen molar-refractivity contribution in [1.29, 1.82) is 0 Å². The summed E-state index contributed by atoms with van der Waals surface area (Å²) in [5.41, 5.74) is 1.56. The van der Waals surface area contributed by atoms with Crippen molar-refractivity contribution in [3.63, 3.8) is 0 Å². The predicted molar refractivity (Wildman–Crippen MR) is 106 cm³/mol. The molecule has 28 heavy (non-hydrogen) atoms. The Morgan fingerprint density at radius 3 is 2.75 bits per heavy atom. The van der Waals surface area contributed by atoms with Crippen molar-refractivity contribution in [2.45, 2.75) is 13.0 Å². The number of likely N-dealkylation sites (tertiary alicyclic amines) is 1. The molecule has 3 rings (SSSR count). The zero-order valence-corrected chi connectivity index (χ0v) is 16.4. The van der Waals surface area contributed by atoms with Crippen LogP contribution in [0, 0.1) is 5.92 Å². The van der Waals surface area contributed by atoms with E-state index >= 15 is 0 Å². The van der Waals surface area contributed by atoms with Crippen LogP contribution in [-0.2, 0) is 16.1 Å². The van der Waals surface area contributed by atoms with Gasteiger partial charge in [-0.1, -0.05) is 17.7 Å². The second-order valence-electron chi connectivity index (χ2n) is 6.88. The molecule has 0 bridgehead atoms. The van der Waals surface area contributed by atoms with Gasteiger partial charge in [-0.25, -0.2) is 0 Å². The molecule has 2 heterocycles. The highest BCUT2D eigenvalue weighted by Crippen LogP contribution is 2.24. The quantitative estimate of drug-likeness (QED) is 0.835. The van der Waals surface area contributed by atoms with Crippen LogP contribution in [0.15, 0.2) is 42.6 Å². The summed E-state index contributed by atoms with van der Waals surface area (Å²) in [6, 6.07) is 10.3. The second kappa shape index (κ2) is 8.39. The van der Waals surface area contributed by atoms with E-state index in [2.05, 4.69) is 10.3 Å². The first-order valence-corrected chi connectivity index (χ1v) is 9.22. The summed E-state index contributed by atoms with van der Waals surface area (Å²) in [6.07, 6.45) is 1.82. The van der Waals surface area contributed by atoms with E-state index in [0.717, 1.165) is 5.69 Å². The summed E-state index contributed by atoms with van der Waals surface area (Å²) in [6.45, 7) is 0.712. The fraction of sp³-hybridized carbons (Fsp3) is 0.300. The van der Waals surface area contributed by atoms with Gasteiger partial charge in [-0.2, -0.15) is 0 Å². The van der Waals surface area contributed by atoms with Crippen LogP contribution in [0.2, 0.25) is 5.02 Å². The summed E-state index contributed by atoms with van der Waals surface area (Å²) in [7, 11) is 3.26. The summed E-state index contributed by atoms with van der Waals surface area (Å²) < 4.78 is 0. The SMILES string of the molecule is CN(C)C(=O)c1cc(NC(=O)C2CC(=O)N(Cc3ccccn3)C2)ccc1Cl. The van der Waals surface area contributed by atoms with Crippen molar-refractivity contribution in [2.75, 3.05) is 26.0 Å². The minimum atomic E-state index is -0.458. The molecule has 1 aliphatic rings. The summed E-state index contributed by atoms with van der Waals surface area (Å²) in [5, 5.41) is 3.10. The number of benzene rings is 1. The maximum absolute atomic E-state index is 12.6. The highest BCUT2D eigenvalue weighted by atomic mass is 35.5. The van der Waals surface area contributed by atoms with E-state index in [1.165, 1.54) is 4.90 Å². The van der Waals surface area contributed by atoms with Gasteiger partial charge in [0.05, 0.1) is 28.7 Å². The summed E-state index contributed by atoms with van der Waals surface area (Å²) >= 11 is 6.10. The van der Waals surface area contributed by atoms with Crippen molar-refractivity contribution in [1.82, 2.24) is 14.8 Å². The fourth-order valence-electron chi connectivity index (χ4n) is 3.04. The monoisotopic (exact) mass is 400 g/mol. The third kappa shape index (κ3) is 4.48. The van der Waals surface area contributed by atoms with Crippen LogP contribution < -0.4 is 5.32 Å². The van der Waals surface area contributed by atoms with E-state index < -0.39 is 5.92 Å². The molecule has 2 aromatic rings. The van der Waals surface area contributed by atoms with Crippen LogP contribution in [0.4, 0.5) is 5.69 Å². The first-order valence-electron chi connectivity index (χ1n) is 8.85. The Morgan fingerprint density at radius 2 is 2.07 bits per heavy atom. The molecule has 146 valence electrons. The fourth-order valence-corrected chi connectivity index (χ4v) is 3.24. The van der Waals surface area contributed by atoms with Crippen LogP contribution >= 0.6 is 11.6 Å². The van der Waals surface area contributed by atoms with Crippen molar-refractivity contribution >= 4 is 35.0 Å². The number of halogens is 1. The lowest BCUT2D eigenvalue weighted by molar-refractivity contribution is -0.128. The van der Waals surface area contributed by atoms with E-state index in [1.54, 1.807) is 43.4 Å². The Morgan fingerprint density at radius 1 is 1.29 bits per heavy atom. The highest BCUT2D eigenvalue weighted by Gasteiger charge is 2.34. The number of hydrogen-bond donors (Lipinski definition) is 1. The van der Waals surface area contributed by atoms with Gasteiger partial charge in [-0.05, 0) is 30.3 Å². The molecule has 8 heteroatoms. The highest BCUT2D eigenvalue weighted by molar-refractivity contribution is 6.34. The first kappa shape index (κ1) is 19.8. The van der Waals surface area contributed by atoms with Gasteiger partial charge < -0.3 is 15.1 Å². The minimum Gasteiger partial charge on any atom is -0.345 e. The van der Waals surface area contributed by atoms with E-state index in [0.29, 0.717) is 29.4 Å². The lowest BCUT2D eigenvalue weighted by Crippen LogP contribution is -2.28. The molecule has 1 aromatic heterocycles. The molecule has 1 aromatic carbocycles. The molecule has 0 aliphatic carbocycles. The van der Waals surface area contributed by atoms with Crippen LogP contribution in [0.1, 0.15) is 22.5 Å². The first-order chi connectivity index (χ1) is 13.3. The Kier molecular flexibility index (Phi) is 5.94. The van der Waals surface area contributed by atoms with Gasteiger partial charge in [-0.15, -0.1) is 0 Å². The number of rotatable bonds is 5. The van der Waals surface area contributed by atoms with Crippen molar-refractivity contribution in [3.05, 3.63) is 58.9 Å². The molecular weight excluding hydrogens is 380 g/mol. The molecule has 0 saturated carbocycles. The van der Waals surface area contributed by atoms with E-state index in [9.17, 15) is 14.4 Å². The van der Waals surface area contributed by atoms with Crippen molar-refractivity contribution in [2.24, 2.45) is 5.92 Å². The molecule has 1 fully saturated rings. The Balaban J connectivity index is 1.66. The zero-order valence-electron chi connectivity index (χ0n) is 15.7. The number of aromatic nitrogens is 1. The number of anilines is 1. The van der Waals surface area contributed by atoms with E-state index in [-0.39, 0.29) is 24.1 Å². The molecular formula is C20H21ClN4O3. The van der Waals surface area contributed by atoms with Crippen LogP contribution in [0.5, 0.6) is 0 Å². The number of carbonyl (C=O) groups is 3. The Hall–Kier alpha value is -2.93. The zero-order chi connectivity index (χ0) is 20.3. The lowest BCUT2D eigenvalue weighted by atomic mass is 10.1. The molecule has 1 unspecified atom stereocenters. The smallest absolute Gasteiger partial charge is 0.254 e. The van der Waals surface area contributed by atoms with Gasteiger partial charge in [0.1, 0.15) is 0 Å². The second-order valence-corrected chi connectivity index (χ2v) is 7.29. The third-order valence-electron chi connectivity index (χ3n) is 4.53. The molecule has 1 aliphatic heterocycles. The lowest BCUT2D eigenvalue weighted by Gasteiger charge is -2.16. The molecule has 1 saturated heterocycles. The van der Waals surface area contributed by atoms with Crippen LogP contribution in [-0.4, -0.2) is 53.1 Å². The molecule has 0 spiro atoms. The topological polar surface area (TPSA) is 82.6 Å². The average molecular weight is 401 g/mol. The minimum absolute atomic E-state index is 0.0783. The number of nitrogens with one attached hydrogen (secondary N) is 1. The van der Waals surface area contributed by atoms with E-state index in [1.807, 2.05) is 18.2 Å². The number of hydrogen-bond acceptors (Lipinski definition) is 4. The normalized spacial score (nSPS) is 16.2. The molecule has 7 nitrogen and oxygen atoms in total. The standard InChI is InChI=1S/C20H21ClN4O3/c1-24(2)20(28)16-10-14(6-7-17(16)21)23-19(27)13-9-18(26)25(11-13)12-15-5-3-4-8-22-15/h3-8,10,13H,9,11-12H2,1-2H3,(H,23,27). The molecule has 0 radical (unpaired) electrons. The average Bonchev–Trinajstić information content (AvgIpc) is 3.04. The van der Waals surface area contributed by atoms with Crippen LogP contribution in [0.3, 0.4) is 0 Å². The van der Waals surface area contributed by atoms with Gasteiger partial charge in [0.25, 0.3) is 5.91 Å².